The third kappa shape index (κ3) is 10.4. The van der Waals surface area contributed by atoms with Crippen LogP contribution in [-0.4, -0.2) is 0 Å². The lowest BCUT2D eigenvalue weighted by Gasteiger charge is -2.37. The third-order valence-corrected chi connectivity index (χ3v) is 22.3. The Kier molecular flexibility index (Phi) is 21.0. The zero-order chi connectivity index (χ0) is 51.4. The van der Waals surface area contributed by atoms with Crippen LogP contribution in [-0.2, 0) is 6.42 Å². The van der Waals surface area contributed by atoms with Gasteiger partial charge < -0.3 is 0 Å². The fraction of sp³-hybridized carbons (Fsp3) is 0.0500. The monoisotopic (exact) mass is 1460 g/mol. The maximum absolute atomic E-state index is 7.14. The Balaban J connectivity index is 1.58. The standard InChI is InChI=1S/C40H4Cl28/c41-13-3(14(42)18(46)7(17(13)45)5(9-21(49)29(57)37(65)30(58)22(9)50)10-23(51)31(59)38(66)32(60)24(10)52)1-2-4-15(43)19(47)8(20(48)16(4)44)6(11-25(53)33(61)39(67)34(62)26(11)54)12-27(55)35(63)40(68)36(64)28(12)56/h1-2H2/q-2. The summed E-state index contributed by atoms with van der Waals surface area (Å²) < 4.78 is 0. The molecule has 362 valence electrons. The van der Waals surface area contributed by atoms with E-state index in [1.807, 2.05) is 0 Å². The first-order valence-corrected chi connectivity index (χ1v) is 27.6. The van der Waals surface area contributed by atoms with Crippen molar-refractivity contribution in [2.24, 2.45) is 0 Å². The quantitative estimate of drug-likeness (QED) is 0.0629. The molecule has 0 heterocycles. The van der Waals surface area contributed by atoms with Crippen LogP contribution < -0.4 is 0 Å². The summed E-state index contributed by atoms with van der Waals surface area (Å²) in [5.41, 5.74) is -0.912. The van der Waals surface area contributed by atoms with Crippen LogP contribution in [0, 0.1) is 11.8 Å². The van der Waals surface area contributed by atoms with Crippen LogP contribution in [0.4, 0.5) is 0 Å². The first kappa shape index (κ1) is 60.4. The van der Waals surface area contributed by atoms with E-state index in [9.17, 15) is 0 Å². The van der Waals surface area contributed by atoms with E-state index in [2.05, 4.69) is 0 Å². The number of hydrogen-bond acceptors (Lipinski definition) is 0. The molecule has 0 fully saturated rings. The molecule has 0 saturated carbocycles. The molecule has 6 rings (SSSR count). The molecule has 5 aromatic carbocycles. The van der Waals surface area contributed by atoms with Crippen molar-refractivity contribution in [1.82, 2.24) is 0 Å². The van der Waals surface area contributed by atoms with Crippen molar-refractivity contribution < 1.29 is 0 Å². The summed E-state index contributed by atoms with van der Waals surface area (Å²) in [7, 11) is 0. The number of halogens is 28. The van der Waals surface area contributed by atoms with Gasteiger partial charge in [-0.15, -0.1) is 98.7 Å². The van der Waals surface area contributed by atoms with Gasteiger partial charge in [0.2, 0.25) is 0 Å². The van der Waals surface area contributed by atoms with Gasteiger partial charge in [-0.2, -0.15) is 23.2 Å². The topological polar surface area (TPSA) is 0 Å². The van der Waals surface area contributed by atoms with Gasteiger partial charge in [-0.25, -0.2) is 0 Å². The summed E-state index contributed by atoms with van der Waals surface area (Å²) in [6, 6.07) is 0. The molecule has 28 heteroatoms. The SMILES string of the molecule is ClC1=C(Cl)[C-](CCc2c(Cl)c(Cl)c([C-](c3c(Cl)c(Cl)c(Cl)c(Cl)c3Cl)c3c(Cl)c(Cl)c(Cl)c(Cl)c3Cl)c(Cl)c2Cl)C(Cl)=C(Cl)C1=C(c1c(Cl)c(Cl)c(Cl)c(Cl)c1Cl)c1c(Cl)c(Cl)c(Cl)c(Cl)c1Cl. The third-order valence-electron chi connectivity index (χ3n) is 9.67. The number of rotatable bonds is 8. The highest BCUT2D eigenvalue weighted by Gasteiger charge is 2.35. The molecule has 0 saturated heterocycles. The highest BCUT2D eigenvalue weighted by atomic mass is 35.5. The molecule has 0 atom stereocenters. The highest BCUT2D eigenvalue weighted by molar-refractivity contribution is 6.61. The Morgan fingerprint density at radius 3 is 0.765 bits per heavy atom. The fourth-order valence-corrected chi connectivity index (χ4v) is 14.4. The second kappa shape index (κ2) is 23.6. The number of allylic oxidation sites excluding steroid dienone is 5. The molecule has 68 heavy (non-hydrogen) atoms. The lowest BCUT2D eigenvalue weighted by Crippen LogP contribution is -2.14. The fourth-order valence-electron chi connectivity index (χ4n) is 6.53. The molecule has 1 aliphatic carbocycles. The average molecular weight is 1480 g/mol. The highest BCUT2D eigenvalue weighted by Crippen LogP contribution is 2.61. The van der Waals surface area contributed by atoms with Crippen molar-refractivity contribution >= 4 is 330 Å². The molecular weight excluding hydrogens is 1470 g/mol. The van der Waals surface area contributed by atoms with E-state index in [-0.39, 0.29) is 210 Å². The lowest BCUT2D eigenvalue weighted by atomic mass is 9.83. The van der Waals surface area contributed by atoms with Gasteiger partial charge in [0, 0.05) is 51.3 Å². The molecule has 1 aliphatic rings. The van der Waals surface area contributed by atoms with Crippen molar-refractivity contribution in [2.45, 2.75) is 12.8 Å². The molecule has 0 N–H and O–H groups in total. The van der Waals surface area contributed by atoms with Gasteiger partial charge in [-0.3, -0.25) is 0 Å². The van der Waals surface area contributed by atoms with Crippen LogP contribution in [0.1, 0.15) is 39.8 Å². The van der Waals surface area contributed by atoms with Crippen LogP contribution >= 0.6 is 325 Å². The molecule has 0 bridgehead atoms. The zero-order valence-electron chi connectivity index (χ0n) is 31.0. The molecule has 5 aromatic rings. The zero-order valence-corrected chi connectivity index (χ0v) is 52.2. The van der Waals surface area contributed by atoms with E-state index < -0.39 is 0 Å². The van der Waals surface area contributed by atoms with Crippen molar-refractivity contribution in [3.05, 3.63) is 191 Å². The number of benzene rings is 5. The predicted molar refractivity (Wildman–Crippen MR) is 308 cm³/mol. The Hall–Kier alpha value is 3.18. The van der Waals surface area contributed by atoms with Gasteiger partial charge in [0.15, 0.2) is 0 Å². The van der Waals surface area contributed by atoms with E-state index in [4.69, 9.17) is 325 Å². The molecule has 0 spiro atoms. The largest absolute Gasteiger partial charge is 0.165 e. The summed E-state index contributed by atoms with van der Waals surface area (Å²) in [6.45, 7) is 0. The van der Waals surface area contributed by atoms with Gasteiger partial charge in [-0.05, 0) is 54.4 Å². The number of hydrogen-bond donors (Lipinski definition) is 0. The Morgan fingerprint density at radius 1 is 0.279 bits per heavy atom. The minimum absolute atomic E-state index is 0.116. The molecule has 0 unspecified atom stereocenters. The van der Waals surface area contributed by atoms with Crippen LogP contribution in [0.3, 0.4) is 0 Å². The molecular formula is C40H4Cl28-2. The maximum atomic E-state index is 7.14. The molecule has 0 nitrogen and oxygen atoms in total. The van der Waals surface area contributed by atoms with E-state index in [1.165, 1.54) is 0 Å². The normalized spacial score (nSPS) is 13.2. The van der Waals surface area contributed by atoms with Gasteiger partial charge in [0.05, 0.1) is 80.4 Å². The van der Waals surface area contributed by atoms with Gasteiger partial charge in [0.1, 0.15) is 0 Å². The minimum atomic E-state index is -0.264. The summed E-state index contributed by atoms with van der Waals surface area (Å²) in [4.78, 5) is 0. The Labute approximate surface area is 527 Å². The summed E-state index contributed by atoms with van der Waals surface area (Å²) >= 11 is 189. The first-order chi connectivity index (χ1) is 31.5. The smallest absolute Gasteiger partial charge is 0.0809 e. The van der Waals surface area contributed by atoms with Crippen LogP contribution in [0.25, 0.3) is 5.57 Å². The van der Waals surface area contributed by atoms with E-state index in [1.54, 1.807) is 0 Å². The predicted octanol–water partition coefficient (Wildman–Crippen LogP) is 27.8. The van der Waals surface area contributed by atoms with E-state index in [0.29, 0.717) is 0 Å². The Morgan fingerprint density at radius 2 is 0.500 bits per heavy atom. The second-order valence-electron chi connectivity index (χ2n) is 13.2. The van der Waals surface area contributed by atoms with Crippen molar-refractivity contribution in [3.8, 4) is 0 Å². The van der Waals surface area contributed by atoms with Gasteiger partial charge >= 0.3 is 0 Å². The van der Waals surface area contributed by atoms with Gasteiger partial charge in [0.25, 0.3) is 0 Å². The summed E-state index contributed by atoms with van der Waals surface area (Å²) in [5, 5.41) is -6.59. The average Bonchev–Trinajstić information content (AvgIpc) is 3.30. The van der Waals surface area contributed by atoms with Gasteiger partial charge in [-0.1, -0.05) is 227 Å². The van der Waals surface area contributed by atoms with Crippen LogP contribution in [0.15, 0.2) is 25.7 Å². The Bertz CT molecular complexity index is 2850. The van der Waals surface area contributed by atoms with Crippen molar-refractivity contribution in [1.29, 1.82) is 0 Å². The molecule has 0 aliphatic heterocycles. The summed E-state index contributed by atoms with van der Waals surface area (Å²) in [6.07, 6.45) is -0.232. The van der Waals surface area contributed by atoms with Crippen molar-refractivity contribution in [2.75, 3.05) is 0 Å². The second-order valence-corrected chi connectivity index (χ2v) is 23.8. The lowest BCUT2D eigenvalue weighted by molar-refractivity contribution is 0.886. The van der Waals surface area contributed by atoms with E-state index >= 15 is 0 Å². The first-order valence-electron chi connectivity index (χ1n) is 17.0. The molecule has 0 amide bonds. The van der Waals surface area contributed by atoms with Crippen LogP contribution in [0.2, 0.25) is 121 Å². The van der Waals surface area contributed by atoms with Crippen molar-refractivity contribution in [3.63, 3.8) is 0 Å². The molecule has 0 aromatic heterocycles. The summed E-state index contributed by atoms with van der Waals surface area (Å²) in [5.74, 6) is -0.00981. The van der Waals surface area contributed by atoms with E-state index in [0.717, 1.165) is 0 Å². The minimum Gasteiger partial charge on any atom is -0.165 e. The van der Waals surface area contributed by atoms with Crippen LogP contribution in [0.5, 0.6) is 0 Å². The maximum Gasteiger partial charge on any atom is 0.0809 e. The molecule has 0 radical (unpaired) electrons.